The van der Waals surface area contributed by atoms with E-state index < -0.39 is 5.63 Å². The van der Waals surface area contributed by atoms with Crippen molar-refractivity contribution < 1.29 is 14.3 Å². The minimum absolute atomic E-state index is 0.0841. The summed E-state index contributed by atoms with van der Waals surface area (Å²) in [5.41, 5.74) is 0.501. The maximum atomic E-state index is 12.4. The molecule has 0 spiro atoms. The largest absolute Gasteiger partial charge is 0.506 e. The maximum Gasteiger partial charge on any atom is 0.347 e. The van der Waals surface area contributed by atoms with E-state index in [-0.39, 0.29) is 11.3 Å². The van der Waals surface area contributed by atoms with E-state index in [1.165, 1.54) is 7.11 Å². The number of rotatable bonds is 2. The minimum atomic E-state index is -0.580. The van der Waals surface area contributed by atoms with Gasteiger partial charge >= 0.3 is 5.63 Å². The first kappa shape index (κ1) is 14.3. The van der Waals surface area contributed by atoms with Crippen LogP contribution in [0, 0.1) is 0 Å². The first-order valence-corrected chi connectivity index (χ1v) is 7.50. The minimum Gasteiger partial charge on any atom is -0.506 e. The van der Waals surface area contributed by atoms with Crippen LogP contribution in [0.5, 0.6) is 11.5 Å². The Morgan fingerprint density at radius 2 is 1.75 bits per heavy atom. The summed E-state index contributed by atoms with van der Waals surface area (Å²) in [6.45, 7) is 0. The first-order valence-electron chi connectivity index (χ1n) is 7.50. The standard InChI is InChI=1S/C20H14O4/c1-23-15-8-9-16-17(11-15)24-20(22)18(19(16)21)14-7-6-12-4-2-3-5-13(12)10-14/h2-11,21H,1H3. The topological polar surface area (TPSA) is 59.7 Å². The van der Waals surface area contributed by atoms with Gasteiger partial charge < -0.3 is 14.3 Å². The molecule has 4 heteroatoms. The maximum absolute atomic E-state index is 12.4. The van der Waals surface area contributed by atoms with E-state index in [0.717, 1.165) is 10.8 Å². The number of hydrogen-bond acceptors (Lipinski definition) is 4. The lowest BCUT2D eigenvalue weighted by Crippen LogP contribution is -2.03. The molecule has 0 aliphatic heterocycles. The number of hydrogen-bond donors (Lipinski definition) is 1. The van der Waals surface area contributed by atoms with Crippen molar-refractivity contribution in [1.82, 2.24) is 0 Å². The van der Waals surface area contributed by atoms with E-state index in [9.17, 15) is 9.90 Å². The van der Waals surface area contributed by atoms with E-state index in [2.05, 4.69) is 0 Å². The monoisotopic (exact) mass is 318 g/mol. The summed E-state index contributed by atoms with van der Waals surface area (Å²) in [5, 5.41) is 13.1. The normalized spacial score (nSPS) is 11.0. The lowest BCUT2D eigenvalue weighted by Gasteiger charge is -2.08. The Morgan fingerprint density at radius 3 is 2.54 bits per heavy atom. The number of ether oxygens (including phenoxy) is 1. The van der Waals surface area contributed by atoms with Crippen molar-refractivity contribution in [3.63, 3.8) is 0 Å². The fraction of sp³-hybridized carbons (Fsp3) is 0.0500. The number of methoxy groups -OCH3 is 1. The van der Waals surface area contributed by atoms with Gasteiger partial charge in [-0.15, -0.1) is 0 Å². The fourth-order valence-corrected chi connectivity index (χ4v) is 2.89. The lowest BCUT2D eigenvalue weighted by atomic mass is 10.0. The van der Waals surface area contributed by atoms with Gasteiger partial charge in [0.25, 0.3) is 0 Å². The van der Waals surface area contributed by atoms with Gasteiger partial charge in [-0.1, -0.05) is 36.4 Å². The van der Waals surface area contributed by atoms with Gasteiger partial charge in [-0.3, -0.25) is 0 Å². The van der Waals surface area contributed by atoms with E-state index >= 15 is 0 Å². The molecule has 0 aliphatic rings. The van der Waals surface area contributed by atoms with Gasteiger partial charge in [-0.05, 0) is 34.5 Å². The third kappa shape index (κ3) is 2.20. The summed E-state index contributed by atoms with van der Waals surface area (Å²) < 4.78 is 10.5. The second kappa shape index (κ2) is 5.42. The van der Waals surface area contributed by atoms with Crippen LogP contribution in [0.1, 0.15) is 0 Å². The average molecular weight is 318 g/mol. The summed E-state index contributed by atoms with van der Waals surface area (Å²) in [7, 11) is 1.53. The van der Waals surface area contributed by atoms with Crippen molar-refractivity contribution in [2.75, 3.05) is 7.11 Å². The molecular weight excluding hydrogens is 304 g/mol. The Hall–Kier alpha value is -3.27. The molecule has 0 atom stereocenters. The molecule has 0 saturated carbocycles. The zero-order valence-electron chi connectivity index (χ0n) is 12.9. The summed E-state index contributed by atoms with van der Waals surface area (Å²) in [5.74, 6) is 0.475. The summed E-state index contributed by atoms with van der Waals surface area (Å²) >= 11 is 0. The van der Waals surface area contributed by atoms with Crippen molar-refractivity contribution in [2.45, 2.75) is 0 Å². The summed E-state index contributed by atoms with van der Waals surface area (Å²) in [4.78, 5) is 12.4. The van der Waals surface area contributed by atoms with Crippen molar-refractivity contribution >= 4 is 21.7 Å². The van der Waals surface area contributed by atoms with Crippen LogP contribution in [0.25, 0.3) is 32.9 Å². The van der Waals surface area contributed by atoms with Gasteiger partial charge in [0, 0.05) is 6.07 Å². The second-order valence-corrected chi connectivity index (χ2v) is 5.54. The zero-order chi connectivity index (χ0) is 16.7. The lowest BCUT2D eigenvalue weighted by molar-refractivity contribution is 0.413. The number of benzene rings is 3. The highest BCUT2D eigenvalue weighted by atomic mass is 16.5. The predicted octanol–water partition coefficient (Wildman–Crippen LogP) is 4.33. The predicted molar refractivity (Wildman–Crippen MR) is 93.6 cm³/mol. The highest BCUT2D eigenvalue weighted by Gasteiger charge is 2.16. The van der Waals surface area contributed by atoms with Gasteiger partial charge in [0.1, 0.15) is 22.6 Å². The zero-order valence-corrected chi connectivity index (χ0v) is 12.9. The van der Waals surface area contributed by atoms with E-state index in [1.54, 1.807) is 18.2 Å². The molecule has 0 aliphatic carbocycles. The molecule has 1 heterocycles. The molecule has 24 heavy (non-hydrogen) atoms. The Morgan fingerprint density at radius 1 is 0.958 bits per heavy atom. The summed E-state index contributed by atoms with van der Waals surface area (Å²) in [6.07, 6.45) is 0. The van der Waals surface area contributed by atoms with Gasteiger partial charge in [0.05, 0.1) is 12.5 Å². The molecule has 0 amide bonds. The molecule has 4 aromatic rings. The smallest absolute Gasteiger partial charge is 0.347 e. The Balaban J connectivity index is 1.99. The van der Waals surface area contributed by atoms with Crippen LogP contribution in [0.3, 0.4) is 0 Å². The van der Waals surface area contributed by atoms with Crippen molar-refractivity contribution in [3.05, 3.63) is 71.1 Å². The Bertz CT molecular complexity index is 1130. The molecule has 0 bridgehead atoms. The van der Waals surface area contributed by atoms with E-state index in [4.69, 9.17) is 9.15 Å². The van der Waals surface area contributed by atoms with Crippen LogP contribution in [-0.4, -0.2) is 12.2 Å². The van der Waals surface area contributed by atoms with Crippen LogP contribution < -0.4 is 10.4 Å². The van der Waals surface area contributed by atoms with E-state index in [1.807, 2.05) is 42.5 Å². The van der Waals surface area contributed by atoms with Crippen LogP contribution in [0.2, 0.25) is 0 Å². The highest BCUT2D eigenvalue weighted by molar-refractivity contribution is 5.93. The van der Waals surface area contributed by atoms with Crippen molar-refractivity contribution in [1.29, 1.82) is 0 Å². The number of fused-ring (bicyclic) bond motifs is 2. The molecule has 0 saturated heterocycles. The highest BCUT2D eigenvalue weighted by Crippen LogP contribution is 2.35. The SMILES string of the molecule is COc1ccc2c(O)c(-c3ccc4ccccc4c3)c(=O)oc2c1. The van der Waals surface area contributed by atoms with Gasteiger partial charge in [-0.2, -0.15) is 0 Å². The third-order valence-corrected chi connectivity index (χ3v) is 4.13. The Labute approximate surface area is 137 Å². The molecule has 1 aromatic heterocycles. The molecule has 0 fully saturated rings. The molecule has 3 aromatic carbocycles. The van der Waals surface area contributed by atoms with Crippen LogP contribution >= 0.6 is 0 Å². The van der Waals surface area contributed by atoms with Gasteiger partial charge in [0.2, 0.25) is 0 Å². The molecule has 4 nitrogen and oxygen atoms in total. The average Bonchev–Trinajstić information content (AvgIpc) is 2.61. The fourth-order valence-electron chi connectivity index (χ4n) is 2.89. The summed E-state index contributed by atoms with van der Waals surface area (Å²) in [6, 6.07) is 18.4. The van der Waals surface area contributed by atoms with Gasteiger partial charge in [-0.25, -0.2) is 4.79 Å². The van der Waals surface area contributed by atoms with Crippen molar-refractivity contribution in [2.24, 2.45) is 0 Å². The molecule has 4 rings (SSSR count). The molecule has 0 unspecified atom stereocenters. The molecule has 1 N–H and O–H groups in total. The quantitative estimate of drug-likeness (QED) is 0.559. The van der Waals surface area contributed by atoms with Crippen molar-refractivity contribution in [3.8, 4) is 22.6 Å². The van der Waals surface area contributed by atoms with Crippen LogP contribution in [0.4, 0.5) is 0 Å². The second-order valence-electron chi connectivity index (χ2n) is 5.54. The van der Waals surface area contributed by atoms with Gasteiger partial charge in [0.15, 0.2) is 0 Å². The number of aromatic hydroxyl groups is 1. The molecule has 118 valence electrons. The third-order valence-electron chi connectivity index (χ3n) is 4.13. The first-order chi connectivity index (χ1) is 11.7. The van der Waals surface area contributed by atoms with E-state index in [0.29, 0.717) is 22.3 Å². The Kier molecular flexibility index (Phi) is 3.24. The van der Waals surface area contributed by atoms with Crippen LogP contribution in [0.15, 0.2) is 69.9 Å². The molecule has 0 radical (unpaired) electrons. The molecular formula is C20H14O4. The van der Waals surface area contributed by atoms with Crippen LogP contribution in [-0.2, 0) is 0 Å².